The molecule has 0 saturated carbocycles. The number of hydrogen-bond donors (Lipinski definition) is 2. The molecule has 1 atom stereocenters. The molecule has 0 spiro atoms. The number of nitrogens with two attached hydrogens (primary N) is 1. The lowest BCUT2D eigenvalue weighted by Crippen LogP contribution is -2.23. The van der Waals surface area contributed by atoms with Crippen LogP contribution in [0.25, 0.3) is 0 Å². The van der Waals surface area contributed by atoms with Crippen LogP contribution in [0, 0.1) is 0 Å². The van der Waals surface area contributed by atoms with Crippen molar-refractivity contribution in [1.82, 2.24) is 0 Å². The van der Waals surface area contributed by atoms with Crippen molar-refractivity contribution in [2.24, 2.45) is 5.73 Å². The van der Waals surface area contributed by atoms with Crippen LogP contribution >= 0.6 is 24.0 Å². The van der Waals surface area contributed by atoms with Crippen molar-refractivity contribution >= 4 is 34.1 Å². The normalized spacial score (nSPS) is 14.1. The molecule has 0 aliphatic carbocycles. The van der Waals surface area contributed by atoms with Crippen molar-refractivity contribution in [1.29, 1.82) is 0 Å². The first kappa shape index (κ1) is 12.2. The van der Waals surface area contributed by atoms with Crippen molar-refractivity contribution in [2.45, 2.75) is 4.71 Å². The molecule has 0 aliphatic heterocycles. The maximum absolute atomic E-state index is 9.91. The van der Waals surface area contributed by atoms with Crippen LogP contribution in [0.3, 0.4) is 0 Å². The summed E-state index contributed by atoms with van der Waals surface area (Å²) in [5.41, 5.74) is 4.79. The predicted octanol–water partition coefficient (Wildman–Crippen LogP) is -0.180. The average molecular weight is 196 g/mol. The second kappa shape index (κ2) is 4.29. The summed E-state index contributed by atoms with van der Waals surface area (Å²) in [6.45, 7) is -0.277. The molecule has 0 fully saturated rings. The summed E-state index contributed by atoms with van der Waals surface area (Å²) in [6, 6.07) is 0. The highest BCUT2D eigenvalue weighted by molar-refractivity contribution is 7.87. The van der Waals surface area contributed by atoms with E-state index in [0.717, 1.165) is 0 Å². The Morgan fingerprint density at radius 1 is 1.67 bits per heavy atom. The number of alkyl halides is 1. The van der Waals surface area contributed by atoms with Crippen molar-refractivity contribution in [2.75, 3.05) is 6.54 Å². The zero-order chi connectivity index (χ0) is 6.78. The topological polar surface area (TPSA) is 80.4 Å². The van der Waals surface area contributed by atoms with Crippen molar-refractivity contribution in [3.63, 3.8) is 0 Å². The van der Waals surface area contributed by atoms with Gasteiger partial charge in [-0.15, -0.1) is 24.0 Å². The summed E-state index contributed by atoms with van der Waals surface area (Å²) >= 11 is 4.98. The molecule has 58 valence electrons. The molecular formula is C2H7Cl2NO3S. The third kappa shape index (κ3) is 4.92. The fraction of sp³-hybridized carbons (Fsp3) is 1.00. The molecular weight excluding hydrogens is 189 g/mol. The Hall–Kier alpha value is 0.450. The lowest BCUT2D eigenvalue weighted by atomic mass is 10.8. The molecule has 0 rings (SSSR count). The largest absolute Gasteiger partial charge is 0.328 e. The first-order valence-electron chi connectivity index (χ1n) is 1.79. The maximum atomic E-state index is 9.91. The summed E-state index contributed by atoms with van der Waals surface area (Å²) < 4.78 is 26.5. The van der Waals surface area contributed by atoms with E-state index in [-0.39, 0.29) is 19.0 Å². The highest BCUT2D eigenvalue weighted by Crippen LogP contribution is 1.99. The van der Waals surface area contributed by atoms with E-state index in [1.807, 2.05) is 0 Å². The molecule has 7 heteroatoms. The van der Waals surface area contributed by atoms with E-state index in [9.17, 15) is 8.42 Å². The molecule has 3 N–H and O–H groups in total. The van der Waals surface area contributed by atoms with E-state index in [4.69, 9.17) is 21.9 Å². The van der Waals surface area contributed by atoms with Gasteiger partial charge in [-0.3, -0.25) is 4.55 Å². The van der Waals surface area contributed by atoms with E-state index in [0.29, 0.717) is 0 Å². The van der Waals surface area contributed by atoms with E-state index in [1.54, 1.807) is 0 Å². The standard InChI is InChI=1S/C2H6ClNO3S.ClH/c3-2(1-4)8(5,6)7;/h2H,1,4H2,(H,5,6,7);1H. The molecule has 0 heterocycles. The molecule has 1 unspecified atom stereocenters. The highest BCUT2D eigenvalue weighted by atomic mass is 35.5. The predicted molar refractivity (Wildman–Crippen MR) is 37.5 cm³/mol. The summed E-state index contributed by atoms with van der Waals surface area (Å²) in [7, 11) is -4.11. The van der Waals surface area contributed by atoms with Crippen LogP contribution in [-0.4, -0.2) is 24.2 Å². The van der Waals surface area contributed by atoms with Gasteiger partial charge in [-0.05, 0) is 0 Å². The summed E-state index contributed by atoms with van der Waals surface area (Å²) in [6.07, 6.45) is 0. The minimum Gasteiger partial charge on any atom is -0.328 e. The van der Waals surface area contributed by atoms with Crippen LogP contribution in [0.5, 0.6) is 0 Å². The summed E-state index contributed by atoms with van der Waals surface area (Å²) in [5.74, 6) is 0. The first-order chi connectivity index (χ1) is 3.48. The van der Waals surface area contributed by atoms with Gasteiger partial charge in [0.2, 0.25) is 0 Å². The molecule has 4 nitrogen and oxygen atoms in total. The van der Waals surface area contributed by atoms with Gasteiger partial charge in [-0.25, -0.2) is 0 Å². The van der Waals surface area contributed by atoms with Gasteiger partial charge in [0.05, 0.1) is 0 Å². The molecule has 0 aliphatic rings. The second-order valence-corrected chi connectivity index (χ2v) is 3.55. The second-order valence-electron chi connectivity index (χ2n) is 1.16. The third-order valence-corrected chi connectivity index (χ3v) is 2.20. The monoisotopic (exact) mass is 195 g/mol. The lowest BCUT2D eigenvalue weighted by molar-refractivity contribution is 0.479. The van der Waals surface area contributed by atoms with Crippen LogP contribution in [0.1, 0.15) is 0 Å². The molecule has 0 saturated heterocycles. The highest BCUT2D eigenvalue weighted by Gasteiger charge is 2.16. The van der Waals surface area contributed by atoms with Gasteiger partial charge >= 0.3 is 0 Å². The van der Waals surface area contributed by atoms with E-state index in [2.05, 4.69) is 0 Å². The quantitative estimate of drug-likeness (QED) is 0.474. The molecule has 0 amide bonds. The number of hydrogen-bond acceptors (Lipinski definition) is 3. The lowest BCUT2D eigenvalue weighted by Gasteiger charge is -1.98. The molecule has 0 radical (unpaired) electrons. The fourth-order valence-corrected chi connectivity index (χ4v) is 0.365. The zero-order valence-electron chi connectivity index (χ0n) is 4.32. The summed E-state index contributed by atoms with van der Waals surface area (Å²) in [4.78, 5) is 0. The minimum atomic E-state index is -4.11. The van der Waals surface area contributed by atoms with Crippen LogP contribution in [-0.2, 0) is 10.1 Å². The van der Waals surface area contributed by atoms with Crippen LogP contribution in [0.4, 0.5) is 0 Å². The molecule has 0 bridgehead atoms. The Morgan fingerprint density at radius 3 is 2.00 bits per heavy atom. The van der Waals surface area contributed by atoms with Gasteiger partial charge in [0.25, 0.3) is 10.1 Å². The average Bonchev–Trinajstić information content (AvgIpc) is 1.62. The van der Waals surface area contributed by atoms with E-state index < -0.39 is 14.8 Å². The number of halogens is 2. The Labute approximate surface area is 64.5 Å². The zero-order valence-corrected chi connectivity index (χ0v) is 6.71. The van der Waals surface area contributed by atoms with Crippen molar-refractivity contribution in [3.05, 3.63) is 0 Å². The van der Waals surface area contributed by atoms with E-state index in [1.165, 1.54) is 0 Å². The SMILES string of the molecule is Cl.NCC(Cl)S(=O)(=O)O. The van der Waals surface area contributed by atoms with Gasteiger partial charge in [0.15, 0.2) is 4.71 Å². The van der Waals surface area contributed by atoms with E-state index >= 15 is 0 Å². The van der Waals surface area contributed by atoms with Gasteiger partial charge < -0.3 is 5.73 Å². The maximum Gasteiger partial charge on any atom is 0.283 e. The Bertz CT molecular complexity index is 155. The van der Waals surface area contributed by atoms with Crippen LogP contribution in [0.2, 0.25) is 0 Å². The van der Waals surface area contributed by atoms with Gasteiger partial charge in [0, 0.05) is 6.54 Å². The minimum absolute atomic E-state index is 0. The van der Waals surface area contributed by atoms with Crippen LogP contribution < -0.4 is 5.73 Å². The molecule has 0 aromatic carbocycles. The Kier molecular flexibility index (Phi) is 5.80. The molecule has 9 heavy (non-hydrogen) atoms. The Balaban J connectivity index is 0. The Morgan fingerprint density at radius 2 is 2.00 bits per heavy atom. The van der Waals surface area contributed by atoms with Gasteiger partial charge in [0.1, 0.15) is 0 Å². The number of rotatable bonds is 2. The van der Waals surface area contributed by atoms with Crippen molar-refractivity contribution in [3.8, 4) is 0 Å². The van der Waals surface area contributed by atoms with Gasteiger partial charge in [-0.1, -0.05) is 0 Å². The van der Waals surface area contributed by atoms with Crippen molar-refractivity contribution < 1.29 is 13.0 Å². The smallest absolute Gasteiger partial charge is 0.283 e. The van der Waals surface area contributed by atoms with Crippen LogP contribution in [0.15, 0.2) is 0 Å². The summed E-state index contributed by atoms with van der Waals surface area (Å²) in [5, 5.41) is 0. The molecule has 0 aromatic rings. The first-order valence-corrected chi connectivity index (χ1v) is 3.73. The third-order valence-electron chi connectivity index (χ3n) is 0.509. The fourth-order valence-electron chi connectivity index (χ4n) is 0.122. The molecule has 0 aromatic heterocycles. The van der Waals surface area contributed by atoms with Gasteiger partial charge in [-0.2, -0.15) is 8.42 Å².